The van der Waals surface area contributed by atoms with Gasteiger partial charge in [-0.1, -0.05) is 23.7 Å². The summed E-state index contributed by atoms with van der Waals surface area (Å²) in [7, 11) is 0. The summed E-state index contributed by atoms with van der Waals surface area (Å²) >= 11 is 6.35. The third-order valence-electron chi connectivity index (χ3n) is 3.71. The highest BCUT2D eigenvalue weighted by Gasteiger charge is 2.30. The predicted octanol–water partition coefficient (Wildman–Crippen LogP) is 3.96. The molecule has 0 bridgehead atoms. The topological polar surface area (TPSA) is 53.0 Å². The summed E-state index contributed by atoms with van der Waals surface area (Å²) in [6.45, 7) is 0.802. The summed E-state index contributed by atoms with van der Waals surface area (Å²) in [6.07, 6.45) is 2.37. The minimum absolute atomic E-state index is 0.535. The maximum absolute atomic E-state index is 8.94. The molecule has 0 spiro atoms. The van der Waals surface area contributed by atoms with E-state index in [4.69, 9.17) is 22.6 Å². The first-order chi connectivity index (χ1) is 10.2. The van der Waals surface area contributed by atoms with Crippen LogP contribution in [0, 0.1) is 11.3 Å². The second-order valence-electron chi connectivity index (χ2n) is 5.38. The largest absolute Gasteiger partial charge is 0.399 e. The van der Waals surface area contributed by atoms with Gasteiger partial charge in [-0.25, -0.2) is 0 Å². The van der Waals surface area contributed by atoms with Crippen LogP contribution in [-0.4, -0.2) is 6.04 Å². The normalized spacial score (nSPS) is 13.7. The number of nitriles is 1. The highest BCUT2D eigenvalue weighted by Crippen LogP contribution is 2.37. The van der Waals surface area contributed by atoms with E-state index in [1.54, 1.807) is 6.07 Å². The summed E-state index contributed by atoms with van der Waals surface area (Å²) in [5.74, 6) is 0. The molecular weight excluding hydrogens is 282 g/mol. The third kappa shape index (κ3) is 3.12. The molecule has 3 nitrogen and oxygen atoms in total. The molecule has 0 saturated heterocycles. The van der Waals surface area contributed by atoms with E-state index in [1.807, 2.05) is 36.4 Å². The zero-order valence-corrected chi connectivity index (χ0v) is 12.3. The molecule has 21 heavy (non-hydrogen) atoms. The lowest BCUT2D eigenvalue weighted by Crippen LogP contribution is -2.25. The number of rotatable bonds is 4. The molecule has 1 aliphatic rings. The Morgan fingerprint density at radius 2 is 1.90 bits per heavy atom. The number of anilines is 2. The van der Waals surface area contributed by atoms with Crippen LogP contribution in [0.25, 0.3) is 0 Å². The van der Waals surface area contributed by atoms with Crippen molar-refractivity contribution in [3.05, 3.63) is 58.6 Å². The fraction of sp³-hybridized carbons (Fsp3) is 0.235. The minimum atomic E-state index is 0.535. The first kappa shape index (κ1) is 13.8. The van der Waals surface area contributed by atoms with E-state index in [1.165, 1.54) is 18.4 Å². The third-order valence-corrected chi connectivity index (χ3v) is 4.01. The smallest absolute Gasteiger partial charge is 0.0992 e. The number of nitrogen functional groups attached to an aromatic ring is 1. The highest BCUT2D eigenvalue weighted by molar-refractivity contribution is 6.33. The van der Waals surface area contributed by atoms with Crippen molar-refractivity contribution in [1.82, 2.24) is 0 Å². The van der Waals surface area contributed by atoms with Crippen molar-refractivity contribution in [2.24, 2.45) is 0 Å². The molecule has 0 atom stereocenters. The first-order valence-electron chi connectivity index (χ1n) is 6.98. The molecule has 0 amide bonds. The van der Waals surface area contributed by atoms with Gasteiger partial charge in [0.15, 0.2) is 0 Å². The molecule has 1 saturated carbocycles. The maximum atomic E-state index is 8.94. The Balaban J connectivity index is 1.88. The molecule has 2 aromatic carbocycles. The fourth-order valence-corrected chi connectivity index (χ4v) is 2.72. The lowest BCUT2D eigenvalue weighted by Gasteiger charge is -2.26. The zero-order valence-electron chi connectivity index (χ0n) is 11.6. The number of halogens is 1. The van der Waals surface area contributed by atoms with Crippen LogP contribution >= 0.6 is 11.6 Å². The molecule has 4 heteroatoms. The van der Waals surface area contributed by atoms with Gasteiger partial charge in [-0.15, -0.1) is 0 Å². The van der Waals surface area contributed by atoms with E-state index in [9.17, 15) is 0 Å². The van der Waals surface area contributed by atoms with Crippen molar-refractivity contribution in [3.63, 3.8) is 0 Å². The van der Waals surface area contributed by atoms with Gasteiger partial charge in [-0.2, -0.15) is 5.26 Å². The first-order valence-corrected chi connectivity index (χ1v) is 7.36. The summed E-state index contributed by atoms with van der Waals surface area (Å²) in [4.78, 5) is 2.31. The van der Waals surface area contributed by atoms with Gasteiger partial charge in [0.25, 0.3) is 0 Å². The molecule has 1 fully saturated rings. The summed E-state index contributed by atoms with van der Waals surface area (Å²) < 4.78 is 0. The Morgan fingerprint density at radius 1 is 1.19 bits per heavy atom. The summed E-state index contributed by atoms with van der Waals surface area (Å²) in [6, 6.07) is 16.1. The number of nitrogens with two attached hydrogens (primary N) is 1. The number of nitrogens with zero attached hydrogens (tertiary/aromatic N) is 2. The van der Waals surface area contributed by atoms with Crippen molar-refractivity contribution < 1.29 is 0 Å². The number of hydrogen-bond acceptors (Lipinski definition) is 3. The Hall–Kier alpha value is -2.18. The molecule has 0 radical (unpaired) electrons. The quantitative estimate of drug-likeness (QED) is 0.869. The van der Waals surface area contributed by atoms with Crippen LogP contribution in [0.15, 0.2) is 42.5 Å². The molecule has 0 heterocycles. The second kappa shape index (κ2) is 5.67. The van der Waals surface area contributed by atoms with Crippen LogP contribution in [0.3, 0.4) is 0 Å². The molecule has 106 valence electrons. The van der Waals surface area contributed by atoms with Crippen molar-refractivity contribution in [3.8, 4) is 6.07 Å². The van der Waals surface area contributed by atoms with Gasteiger partial charge in [-0.05, 0) is 48.7 Å². The van der Waals surface area contributed by atoms with Crippen LogP contribution in [0.2, 0.25) is 5.02 Å². The van der Waals surface area contributed by atoms with Gasteiger partial charge in [0.2, 0.25) is 0 Å². The van der Waals surface area contributed by atoms with Gasteiger partial charge >= 0.3 is 0 Å². The average Bonchev–Trinajstić information content (AvgIpc) is 3.32. The zero-order chi connectivity index (χ0) is 14.8. The van der Waals surface area contributed by atoms with E-state index in [2.05, 4.69) is 11.0 Å². The minimum Gasteiger partial charge on any atom is -0.399 e. The highest BCUT2D eigenvalue weighted by atomic mass is 35.5. The van der Waals surface area contributed by atoms with Crippen molar-refractivity contribution in [2.75, 3.05) is 10.6 Å². The van der Waals surface area contributed by atoms with Gasteiger partial charge in [0.05, 0.1) is 22.3 Å². The van der Waals surface area contributed by atoms with Crippen molar-refractivity contribution in [2.45, 2.75) is 25.4 Å². The molecule has 0 unspecified atom stereocenters. The van der Waals surface area contributed by atoms with E-state index >= 15 is 0 Å². The Morgan fingerprint density at radius 3 is 2.48 bits per heavy atom. The number of hydrogen-bond donors (Lipinski definition) is 1. The van der Waals surface area contributed by atoms with Gasteiger partial charge < -0.3 is 10.6 Å². The Kier molecular flexibility index (Phi) is 3.72. The standard InChI is InChI=1S/C17H16ClN3/c18-16-9-13(10-19)3-8-17(16)21(15-6-7-15)11-12-1-4-14(20)5-2-12/h1-5,8-9,15H,6-7,11,20H2. The Labute approximate surface area is 129 Å². The van der Waals surface area contributed by atoms with Crippen LogP contribution in [0.4, 0.5) is 11.4 Å². The van der Waals surface area contributed by atoms with Crippen LogP contribution in [0.1, 0.15) is 24.0 Å². The molecule has 0 aromatic heterocycles. The fourth-order valence-electron chi connectivity index (χ4n) is 2.43. The number of benzene rings is 2. The average molecular weight is 298 g/mol. The molecule has 3 rings (SSSR count). The Bertz CT molecular complexity index is 684. The van der Waals surface area contributed by atoms with Crippen LogP contribution < -0.4 is 10.6 Å². The lowest BCUT2D eigenvalue weighted by molar-refractivity contribution is 0.795. The van der Waals surface area contributed by atoms with Gasteiger partial charge in [-0.3, -0.25) is 0 Å². The van der Waals surface area contributed by atoms with Crippen LogP contribution in [0.5, 0.6) is 0 Å². The molecule has 0 aliphatic heterocycles. The van der Waals surface area contributed by atoms with Crippen LogP contribution in [-0.2, 0) is 6.54 Å². The molecular formula is C17H16ClN3. The SMILES string of the molecule is N#Cc1ccc(N(Cc2ccc(N)cc2)C2CC2)c(Cl)c1. The maximum Gasteiger partial charge on any atom is 0.0992 e. The van der Waals surface area contributed by atoms with E-state index in [0.717, 1.165) is 17.9 Å². The van der Waals surface area contributed by atoms with Gasteiger partial charge in [0.1, 0.15) is 0 Å². The summed E-state index contributed by atoms with van der Waals surface area (Å²) in [5, 5.41) is 9.58. The predicted molar refractivity (Wildman–Crippen MR) is 86.2 cm³/mol. The van der Waals surface area contributed by atoms with Crippen molar-refractivity contribution in [1.29, 1.82) is 5.26 Å². The summed E-state index contributed by atoms with van der Waals surface area (Å²) in [5.41, 5.74) is 9.29. The monoisotopic (exact) mass is 297 g/mol. The van der Waals surface area contributed by atoms with E-state index in [-0.39, 0.29) is 0 Å². The molecule has 1 aliphatic carbocycles. The van der Waals surface area contributed by atoms with E-state index in [0.29, 0.717) is 16.6 Å². The van der Waals surface area contributed by atoms with E-state index < -0.39 is 0 Å². The second-order valence-corrected chi connectivity index (χ2v) is 5.79. The van der Waals surface area contributed by atoms with Gasteiger partial charge in [0, 0.05) is 18.3 Å². The van der Waals surface area contributed by atoms with Crippen molar-refractivity contribution >= 4 is 23.0 Å². The molecule has 2 aromatic rings. The lowest BCUT2D eigenvalue weighted by atomic mass is 10.1. The molecule has 2 N–H and O–H groups in total.